The number of rotatable bonds is 6. The van der Waals surface area contributed by atoms with Gasteiger partial charge in [0, 0.05) is 7.11 Å². The van der Waals surface area contributed by atoms with Crippen molar-refractivity contribution in [1.29, 1.82) is 0 Å². The molecule has 0 amide bonds. The second kappa shape index (κ2) is 7.08. The van der Waals surface area contributed by atoms with Gasteiger partial charge < -0.3 is 14.6 Å². The second-order valence-corrected chi connectivity index (χ2v) is 3.73. The maximum Gasteiger partial charge on any atom is 0.343 e. The molecule has 0 aliphatic heterocycles. The van der Waals surface area contributed by atoms with Crippen LogP contribution in [0, 0.1) is 0 Å². The van der Waals surface area contributed by atoms with Crippen LogP contribution in [0.1, 0.15) is 24.2 Å². The molecule has 0 spiro atoms. The van der Waals surface area contributed by atoms with Gasteiger partial charge in [0.1, 0.15) is 6.10 Å². The van der Waals surface area contributed by atoms with Crippen molar-refractivity contribution in [3.8, 4) is 0 Å². The van der Waals surface area contributed by atoms with Crippen LogP contribution < -0.4 is 0 Å². The molecule has 18 heavy (non-hydrogen) atoms. The van der Waals surface area contributed by atoms with Gasteiger partial charge in [-0.1, -0.05) is 24.3 Å². The zero-order chi connectivity index (χ0) is 13.5. The Bertz CT molecular complexity index is 394. The van der Waals surface area contributed by atoms with E-state index in [1.807, 2.05) is 0 Å². The average Bonchev–Trinajstić information content (AvgIpc) is 2.38. The van der Waals surface area contributed by atoms with Gasteiger partial charge >= 0.3 is 5.97 Å². The molecule has 0 aromatic heterocycles. The average molecular weight is 256 g/mol. The van der Waals surface area contributed by atoms with Gasteiger partial charge in [-0.3, -0.25) is 0 Å². The quantitative estimate of drug-likeness (QED) is 0.788. The zero-order valence-corrected chi connectivity index (χ0v) is 10.4. The summed E-state index contributed by atoms with van der Waals surface area (Å²) in [7, 11) is 1.50. The Balaban J connectivity index is 2.88. The Kier molecular flexibility index (Phi) is 5.74. The largest absolute Gasteiger partial charge is 0.464 e. The first-order chi connectivity index (χ1) is 8.61. The second-order valence-electron chi connectivity index (χ2n) is 3.73. The fourth-order valence-electron chi connectivity index (χ4n) is 1.62. The van der Waals surface area contributed by atoms with E-state index < -0.39 is 18.2 Å². The summed E-state index contributed by atoms with van der Waals surface area (Å²) in [6, 6.07) is 6.68. The predicted molar refractivity (Wildman–Crippen MR) is 63.6 cm³/mol. The molecule has 0 fully saturated rings. The third-order valence-corrected chi connectivity index (χ3v) is 2.46. The molecule has 1 N–H and O–H groups in total. The van der Waals surface area contributed by atoms with E-state index in [1.54, 1.807) is 31.2 Å². The molecule has 0 saturated carbocycles. The lowest BCUT2D eigenvalue weighted by Gasteiger charge is -2.17. The van der Waals surface area contributed by atoms with Crippen LogP contribution in [0.3, 0.4) is 0 Å². The number of halogens is 1. The van der Waals surface area contributed by atoms with E-state index in [4.69, 9.17) is 4.74 Å². The molecule has 4 nitrogen and oxygen atoms in total. The number of esters is 1. The van der Waals surface area contributed by atoms with Gasteiger partial charge in [0.05, 0.1) is 13.2 Å². The fourth-order valence-corrected chi connectivity index (χ4v) is 1.62. The first-order valence-corrected chi connectivity index (χ1v) is 5.67. The van der Waals surface area contributed by atoms with E-state index in [2.05, 4.69) is 4.74 Å². The van der Waals surface area contributed by atoms with Gasteiger partial charge in [-0.05, 0) is 18.1 Å². The number of aliphatic hydroxyl groups is 1. The molecule has 0 heterocycles. The normalized spacial score (nSPS) is 14.0. The minimum atomic E-state index is -2.09. The Morgan fingerprint density at radius 2 is 2.11 bits per heavy atom. The molecular weight excluding hydrogens is 239 g/mol. The molecule has 2 atom stereocenters. The van der Waals surface area contributed by atoms with Crippen LogP contribution in [-0.2, 0) is 20.9 Å². The standard InChI is InChI=1S/C13H17FO4/c1-3-18-13(16)11(14)12(15)10-7-5-4-6-9(10)8-17-2/h4-7,11-12,15H,3,8H2,1-2H3. The number of hydrogen-bond acceptors (Lipinski definition) is 4. The van der Waals surface area contributed by atoms with Crippen molar-refractivity contribution in [2.24, 2.45) is 0 Å². The van der Waals surface area contributed by atoms with Crippen LogP contribution in [0.15, 0.2) is 24.3 Å². The lowest BCUT2D eigenvalue weighted by Crippen LogP contribution is -2.26. The maximum absolute atomic E-state index is 13.7. The summed E-state index contributed by atoms with van der Waals surface area (Å²) in [5, 5.41) is 9.86. The summed E-state index contributed by atoms with van der Waals surface area (Å²) in [6.45, 7) is 1.89. The number of alkyl halides is 1. The van der Waals surface area contributed by atoms with Crippen molar-refractivity contribution in [1.82, 2.24) is 0 Å². The lowest BCUT2D eigenvalue weighted by atomic mass is 9.99. The molecule has 0 aliphatic carbocycles. The number of hydrogen-bond donors (Lipinski definition) is 1. The summed E-state index contributed by atoms with van der Waals surface area (Å²) >= 11 is 0. The van der Waals surface area contributed by atoms with Crippen molar-refractivity contribution < 1.29 is 23.8 Å². The van der Waals surface area contributed by atoms with Gasteiger partial charge in [-0.25, -0.2) is 9.18 Å². The van der Waals surface area contributed by atoms with E-state index in [9.17, 15) is 14.3 Å². The number of benzene rings is 1. The van der Waals surface area contributed by atoms with Crippen molar-refractivity contribution >= 4 is 5.97 Å². The van der Waals surface area contributed by atoms with Crippen molar-refractivity contribution in [2.45, 2.75) is 25.8 Å². The summed E-state index contributed by atoms with van der Waals surface area (Å²) in [5.74, 6) is -1.06. The molecule has 1 rings (SSSR count). The van der Waals surface area contributed by atoms with Crippen LogP contribution in [0.4, 0.5) is 4.39 Å². The number of aliphatic hydroxyl groups excluding tert-OH is 1. The third kappa shape index (κ3) is 3.51. The molecule has 1 aromatic carbocycles. The van der Waals surface area contributed by atoms with E-state index in [-0.39, 0.29) is 13.2 Å². The third-order valence-electron chi connectivity index (χ3n) is 2.46. The molecule has 0 radical (unpaired) electrons. The van der Waals surface area contributed by atoms with E-state index >= 15 is 0 Å². The van der Waals surface area contributed by atoms with Gasteiger partial charge in [-0.2, -0.15) is 0 Å². The number of methoxy groups -OCH3 is 1. The fraction of sp³-hybridized carbons (Fsp3) is 0.462. The SMILES string of the molecule is CCOC(=O)C(F)C(O)c1ccccc1COC. The van der Waals surface area contributed by atoms with Crippen LogP contribution >= 0.6 is 0 Å². The predicted octanol–water partition coefficient (Wildman–Crippen LogP) is 1.77. The van der Waals surface area contributed by atoms with Crippen LogP contribution in [0.25, 0.3) is 0 Å². The Hall–Kier alpha value is -1.46. The zero-order valence-electron chi connectivity index (χ0n) is 10.4. The highest BCUT2D eigenvalue weighted by Gasteiger charge is 2.30. The van der Waals surface area contributed by atoms with Crippen molar-refractivity contribution in [3.05, 3.63) is 35.4 Å². The molecule has 100 valence electrons. The summed E-state index contributed by atoms with van der Waals surface area (Å²) < 4.78 is 23.2. The molecule has 0 bridgehead atoms. The maximum atomic E-state index is 13.7. The topological polar surface area (TPSA) is 55.8 Å². The van der Waals surface area contributed by atoms with E-state index in [0.717, 1.165) is 0 Å². The number of carbonyl (C=O) groups is 1. The van der Waals surface area contributed by atoms with Gasteiger partial charge in [0.25, 0.3) is 0 Å². The van der Waals surface area contributed by atoms with Crippen LogP contribution in [-0.4, -0.2) is 31.0 Å². The number of carbonyl (C=O) groups excluding carboxylic acids is 1. The summed E-state index contributed by atoms with van der Waals surface area (Å²) in [5.41, 5.74) is 0.972. The monoisotopic (exact) mass is 256 g/mol. The van der Waals surface area contributed by atoms with Gasteiger partial charge in [0.15, 0.2) is 0 Å². The van der Waals surface area contributed by atoms with Gasteiger partial charge in [0.2, 0.25) is 6.17 Å². The Morgan fingerprint density at radius 1 is 1.44 bits per heavy atom. The highest BCUT2D eigenvalue weighted by molar-refractivity contribution is 5.75. The highest BCUT2D eigenvalue weighted by atomic mass is 19.1. The van der Waals surface area contributed by atoms with E-state index in [0.29, 0.717) is 11.1 Å². The van der Waals surface area contributed by atoms with Crippen LogP contribution in [0.5, 0.6) is 0 Å². The van der Waals surface area contributed by atoms with Crippen LogP contribution in [0.2, 0.25) is 0 Å². The molecule has 5 heteroatoms. The van der Waals surface area contributed by atoms with E-state index in [1.165, 1.54) is 7.11 Å². The molecule has 2 unspecified atom stereocenters. The van der Waals surface area contributed by atoms with Gasteiger partial charge in [-0.15, -0.1) is 0 Å². The minimum Gasteiger partial charge on any atom is -0.464 e. The molecule has 0 saturated heterocycles. The first-order valence-electron chi connectivity index (χ1n) is 5.67. The molecular formula is C13H17FO4. The summed E-state index contributed by atoms with van der Waals surface area (Å²) in [4.78, 5) is 11.2. The summed E-state index contributed by atoms with van der Waals surface area (Å²) in [6.07, 6.45) is -3.64. The highest BCUT2D eigenvalue weighted by Crippen LogP contribution is 2.24. The number of ether oxygens (including phenoxy) is 2. The minimum absolute atomic E-state index is 0.0751. The molecule has 1 aromatic rings. The van der Waals surface area contributed by atoms with Crippen molar-refractivity contribution in [2.75, 3.05) is 13.7 Å². The lowest BCUT2D eigenvalue weighted by molar-refractivity contribution is -0.153. The molecule has 0 aliphatic rings. The smallest absolute Gasteiger partial charge is 0.343 e. The Labute approximate surface area is 105 Å². The Morgan fingerprint density at radius 3 is 2.72 bits per heavy atom. The first kappa shape index (κ1) is 14.6. The van der Waals surface area contributed by atoms with Crippen molar-refractivity contribution in [3.63, 3.8) is 0 Å².